The molecule has 0 radical (unpaired) electrons. The van der Waals surface area contributed by atoms with Crippen molar-refractivity contribution in [1.29, 1.82) is 0 Å². The van der Waals surface area contributed by atoms with Crippen molar-refractivity contribution in [3.8, 4) is 0 Å². The van der Waals surface area contributed by atoms with Gasteiger partial charge < -0.3 is 14.6 Å². The SMILES string of the molecule is CC/C=C\C/C=C\C/C=C\C/C=C\C/C=C\C/C=C\C/C=C\CCCCCCCCCCCCCCCCCCCC(=O)OC(CO)COC(=O)CCC/C=C\C/C=C\C/C=C\C/C=C\C/C=C\C/C=C\C/C=C\CC. The number of unbranched alkanes of at least 4 members (excludes halogenated alkanes) is 18. The Morgan fingerprint density at radius 2 is 0.539 bits per heavy atom. The van der Waals surface area contributed by atoms with Crippen molar-refractivity contribution in [2.45, 2.75) is 251 Å². The normalized spacial score (nSPS) is 13.5. The van der Waals surface area contributed by atoms with Gasteiger partial charge in [0.25, 0.3) is 0 Å². The molecule has 0 fully saturated rings. The number of allylic oxidation sites excluding steroid dienone is 28. The van der Waals surface area contributed by atoms with Gasteiger partial charge in [-0.2, -0.15) is 0 Å². The Morgan fingerprint density at radius 1 is 0.303 bits per heavy atom. The zero-order valence-corrected chi connectivity index (χ0v) is 48.7. The fourth-order valence-corrected chi connectivity index (χ4v) is 8.00. The number of rotatable bonds is 54. The van der Waals surface area contributed by atoms with E-state index in [9.17, 15) is 14.7 Å². The van der Waals surface area contributed by atoms with Crippen molar-refractivity contribution < 1.29 is 24.2 Å². The van der Waals surface area contributed by atoms with E-state index in [0.717, 1.165) is 116 Å². The van der Waals surface area contributed by atoms with Crippen LogP contribution in [0.15, 0.2) is 170 Å². The van der Waals surface area contributed by atoms with Crippen LogP contribution in [0.5, 0.6) is 0 Å². The van der Waals surface area contributed by atoms with Gasteiger partial charge in [-0.15, -0.1) is 0 Å². The summed E-state index contributed by atoms with van der Waals surface area (Å²) in [5.74, 6) is -0.667. The smallest absolute Gasteiger partial charge is 0.306 e. The highest BCUT2D eigenvalue weighted by Gasteiger charge is 2.16. The minimum Gasteiger partial charge on any atom is -0.462 e. The molecule has 0 rings (SSSR count). The van der Waals surface area contributed by atoms with Crippen LogP contribution < -0.4 is 0 Å². The highest BCUT2D eigenvalue weighted by molar-refractivity contribution is 5.70. The van der Waals surface area contributed by atoms with Gasteiger partial charge in [0.15, 0.2) is 6.10 Å². The summed E-state index contributed by atoms with van der Waals surface area (Å²) in [6.45, 7) is 3.86. The van der Waals surface area contributed by atoms with Gasteiger partial charge >= 0.3 is 11.9 Å². The average Bonchev–Trinajstić information content (AvgIpc) is 3.42. The van der Waals surface area contributed by atoms with Gasteiger partial charge in [-0.25, -0.2) is 0 Å². The van der Waals surface area contributed by atoms with Gasteiger partial charge in [-0.3, -0.25) is 9.59 Å². The lowest BCUT2D eigenvalue weighted by molar-refractivity contribution is -0.161. The predicted octanol–water partition coefficient (Wildman–Crippen LogP) is 21.3. The second-order valence-electron chi connectivity index (χ2n) is 19.7. The van der Waals surface area contributed by atoms with Crippen LogP contribution in [0, 0.1) is 0 Å². The van der Waals surface area contributed by atoms with E-state index in [1.165, 1.54) is 96.3 Å². The number of carbonyl (C=O) groups excluding carboxylic acids is 2. The molecule has 5 nitrogen and oxygen atoms in total. The van der Waals surface area contributed by atoms with Crippen LogP contribution in [-0.2, 0) is 19.1 Å². The third kappa shape index (κ3) is 61.8. The van der Waals surface area contributed by atoms with E-state index in [0.29, 0.717) is 19.3 Å². The van der Waals surface area contributed by atoms with Crippen LogP contribution in [0.25, 0.3) is 0 Å². The number of esters is 2. The second kappa shape index (κ2) is 64.5. The molecule has 0 spiro atoms. The van der Waals surface area contributed by atoms with E-state index in [4.69, 9.17) is 9.47 Å². The number of carbonyl (C=O) groups is 2. The molecule has 426 valence electrons. The van der Waals surface area contributed by atoms with Crippen LogP contribution in [0.3, 0.4) is 0 Å². The molecular formula is C71H112O5. The molecule has 0 aromatic rings. The minimum absolute atomic E-state index is 0.105. The maximum Gasteiger partial charge on any atom is 0.306 e. The van der Waals surface area contributed by atoms with Crippen LogP contribution in [0.2, 0.25) is 0 Å². The first-order chi connectivity index (χ1) is 37.6. The van der Waals surface area contributed by atoms with E-state index in [1.54, 1.807) is 0 Å². The summed E-state index contributed by atoms with van der Waals surface area (Å²) in [5.41, 5.74) is 0. The standard InChI is InChI=1S/C71H112O5/c1-3-5-7-9-11-13-15-17-19-21-23-25-27-28-29-30-31-32-33-34-35-36-37-38-39-40-41-42-44-46-48-50-52-54-56-58-60-62-64-66-71(74)76-69(67-72)68-75-70(73)65-63-61-59-57-55-53-51-49-47-45-43-26-24-22-20-18-16-14-12-10-8-6-4-2/h5-8,11-14,17-20,23-26,28-29,31-32,34-35,45,47,51,53,57,59,69,72H,3-4,9-10,15-16,21-22,27,30,33,36-44,46,48-50,52,54-56,58,60-68H2,1-2H3/b7-5-,8-6-,13-11-,14-12-,19-17-,20-18-,25-23-,26-24-,29-28-,32-31-,35-34-,47-45-,53-51-,59-57-. The predicted molar refractivity (Wildman–Crippen MR) is 333 cm³/mol. The molecule has 0 heterocycles. The molecule has 0 aromatic heterocycles. The van der Waals surface area contributed by atoms with Gasteiger partial charge in [-0.1, -0.05) is 280 Å². The fraction of sp³-hybridized carbons (Fsp3) is 0.577. The molecule has 0 aromatic carbocycles. The quantitative estimate of drug-likeness (QED) is 0.0373. The Labute approximate surface area is 468 Å². The van der Waals surface area contributed by atoms with Gasteiger partial charge in [-0.05, 0) is 122 Å². The highest BCUT2D eigenvalue weighted by atomic mass is 16.6. The number of hydrogen-bond donors (Lipinski definition) is 1. The summed E-state index contributed by atoms with van der Waals surface area (Å²) in [6, 6.07) is 0. The topological polar surface area (TPSA) is 72.8 Å². The van der Waals surface area contributed by atoms with Gasteiger partial charge in [0.2, 0.25) is 0 Å². The molecule has 0 saturated carbocycles. The first-order valence-corrected chi connectivity index (χ1v) is 30.7. The molecule has 5 heteroatoms. The lowest BCUT2D eigenvalue weighted by Gasteiger charge is -2.15. The zero-order valence-electron chi connectivity index (χ0n) is 48.7. The van der Waals surface area contributed by atoms with E-state index in [-0.39, 0.29) is 25.2 Å². The molecule has 0 saturated heterocycles. The largest absolute Gasteiger partial charge is 0.462 e. The van der Waals surface area contributed by atoms with Crippen molar-refractivity contribution in [1.82, 2.24) is 0 Å². The van der Waals surface area contributed by atoms with E-state index < -0.39 is 6.10 Å². The van der Waals surface area contributed by atoms with Gasteiger partial charge in [0.1, 0.15) is 6.61 Å². The fourth-order valence-electron chi connectivity index (χ4n) is 8.00. The van der Waals surface area contributed by atoms with Gasteiger partial charge in [0.05, 0.1) is 6.61 Å². The number of ether oxygens (including phenoxy) is 2. The number of aliphatic hydroxyl groups is 1. The van der Waals surface area contributed by atoms with E-state index in [1.807, 2.05) is 0 Å². The molecule has 76 heavy (non-hydrogen) atoms. The molecule has 0 aliphatic carbocycles. The molecule has 0 amide bonds. The van der Waals surface area contributed by atoms with Crippen LogP contribution >= 0.6 is 0 Å². The maximum atomic E-state index is 12.3. The van der Waals surface area contributed by atoms with E-state index in [2.05, 4.69) is 184 Å². The second-order valence-corrected chi connectivity index (χ2v) is 19.7. The van der Waals surface area contributed by atoms with Crippen molar-refractivity contribution in [2.75, 3.05) is 13.2 Å². The maximum absolute atomic E-state index is 12.3. The number of hydrogen-bond acceptors (Lipinski definition) is 5. The molecule has 0 aliphatic rings. The van der Waals surface area contributed by atoms with Crippen LogP contribution in [0.1, 0.15) is 245 Å². The molecule has 1 unspecified atom stereocenters. The Kier molecular flexibility index (Phi) is 60.5. The summed E-state index contributed by atoms with van der Waals surface area (Å²) in [7, 11) is 0. The van der Waals surface area contributed by atoms with Gasteiger partial charge in [0, 0.05) is 12.8 Å². The first-order valence-electron chi connectivity index (χ1n) is 30.7. The lowest BCUT2D eigenvalue weighted by atomic mass is 10.0. The molecule has 0 aliphatic heterocycles. The van der Waals surface area contributed by atoms with Crippen molar-refractivity contribution in [3.05, 3.63) is 170 Å². The Hall–Kier alpha value is -4.74. The number of aliphatic hydroxyl groups excluding tert-OH is 1. The minimum atomic E-state index is -0.808. The Morgan fingerprint density at radius 3 is 0.829 bits per heavy atom. The van der Waals surface area contributed by atoms with Crippen molar-refractivity contribution in [3.63, 3.8) is 0 Å². The summed E-state index contributed by atoms with van der Waals surface area (Å²) in [5, 5.41) is 9.66. The van der Waals surface area contributed by atoms with E-state index >= 15 is 0 Å². The Bertz CT molecular complexity index is 1700. The Balaban J connectivity index is 3.58. The van der Waals surface area contributed by atoms with Crippen molar-refractivity contribution in [2.24, 2.45) is 0 Å². The summed E-state index contributed by atoms with van der Waals surface area (Å²) >= 11 is 0. The molecular weight excluding hydrogens is 933 g/mol. The monoisotopic (exact) mass is 1040 g/mol. The molecule has 1 N–H and O–H groups in total. The third-order valence-corrected chi connectivity index (χ3v) is 12.5. The highest BCUT2D eigenvalue weighted by Crippen LogP contribution is 2.15. The summed E-state index contributed by atoms with van der Waals surface area (Å²) in [4.78, 5) is 24.5. The third-order valence-electron chi connectivity index (χ3n) is 12.5. The first kappa shape index (κ1) is 71.3. The lowest BCUT2D eigenvalue weighted by Crippen LogP contribution is -2.28. The van der Waals surface area contributed by atoms with Crippen LogP contribution in [0.4, 0.5) is 0 Å². The molecule has 1 atom stereocenters. The summed E-state index contributed by atoms with van der Waals surface area (Å²) < 4.78 is 10.7. The summed E-state index contributed by atoms with van der Waals surface area (Å²) in [6.07, 6.45) is 101. The van der Waals surface area contributed by atoms with Crippen molar-refractivity contribution >= 4 is 11.9 Å². The molecule has 0 bridgehead atoms. The zero-order chi connectivity index (χ0) is 54.8. The average molecular weight is 1050 g/mol. The van der Waals surface area contributed by atoms with Crippen LogP contribution in [-0.4, -0.2) is 36.4 Å².